The summed E-state index contributed by atoms with van der Waals surface area (Å²) in [7, 11) is 0. The van der Waals surface area contributed by atoms with Crippen LogP contribution in [0.3, 0.4) is 0 Å². The van der Waals surface area contributed by atoms with E-state index in [1.54, 1.807) is 38.4 Å². The van der Waals surface area contributed by atoms with Crippen LogP contribution in [0, 0.1) is 35.3 Å². The van der Waals surface area contributed by atoms with Crippen molar-refractivity contribution in [2.75, 3.05) is 0 Å². The van der Waals surface area contributed by atoms with E-state index < -0.39 is 10.5 Å². The average molecular weight is 403 g/mol. The molecule has 2 heterocycles. The van der Waals surface area contributed by atoms with Crippen LogP contribution in [-0.2, 0) is 6.54 Å². The zero-order valence-corrected chi connectivity index (χ0v) is 16.2. The van der Waals surface area contributed by atoms with Crippen molar-refractivity contribution in [2.45, 2.75) is 20.4 Å². The number of non-ortho nitro benzene ring substituents is 1. The summed E-state index contributed by atoms with van der Waals surface area (Å²) in [4.78, 5) is 31.4. The summed E-state index contributed by atoms with van der Waals surface area (Å²) < 4.78 is 1.09. The summed E-state index contributed by atoms with van der Waals surface area (Å²) >= 11 is 0. The Bertz CT molecular complexity index is 1260. The standard InChI is InChI=1S/C21H17N5O4/c1-13-8-16(26(29)30)5-6-19(13)24-11-18-14(2)17(9-22)20(27)25(21(18)28)12-15-4-3-7-23-10-15/h3-8,10-11,28H,12H2,1-2H3. The lowest BCUT2D eigenvalue weighted by Gasteiger charge is -2.14. The molecule has 9 heteroatoms. The minimum absolute atomic E-state index is 0.0326. The monoisotopic (exact) mass is 403 g/mol. The van der Waals surface area contributed by atoms with Gasteiger partial charge in [-0.3, -0.25) is 29.5 Å². The molecule has 3 aromatic rings. The van der Waals surface area contributed by atoms with E-state index in [0.29, 0.717) is 22.4 Å². The predicted molar refractivity (Wildman–Crippen MR) is 110 cm³/mol. The number of aromatic hydroxyl groups is 1. The number of hydrogen-bond acceptors (Lipinski definition) is 7. The van der Waals surface area contributed by atoms with Gasteiger partial charge in [0.05, 0.1) is 22.7 Å². The first-order valence-electron chi connectivity index (χ1n) is 8.88. The average Bonchev–Trinajstić information content (AvgIpc) is 2.73. The topological polar surface area (TPSA) is 134 Å². The molecule has 0 bridgehead atoms. The van der Waals surface area contributed by atoms with Gasteiger partial charge in [0.15, 0.2) is 0 Å². The zero-order chi connectivity index (χ0) is 21.8. The second-order valence-electron chi connectivity index (χ2n) is 6.59. The fourth-order valence-corrected chi connectivity index (χ4v) is 2.98. The Hall–Kier alpha value is -4.32. The Kier molecular flexibility index (Phi) is 5.69. The molecule has 1 aromatic carbocycles. The van der Waals surface area contributed by atoms with E-state index in [1.807, 2.05) is 6.07 Å². The number of nitriles is 1. The number of nitro benzene ring substituents is 1. The van der Waals surface area contributed by atoms with E-state index in [1.165, 1.54) is 24.4 Å². The maximum absolute atomic E-state index is 12.7. The highest BCUT2D eigenvalue weighted by Crippen LogP contribution is 2.26. The molecular formula is C21H17N5O4. The molecule has 0 amide bonds. The van der Waals surface area contributed by atoms with Gasteiger partial charge < -0.3 is 5.11 Å². The van der Waals surface area contributed by atoms with Crippen molar-refractivity contribution in [3.8, 4) is 11.9 Å². The molecule has 0 aliphatic rings. The number of nitro groups is 1. The Labute approximate surface area is 171 Å². The Morgan fingerprint density at radius 2 is 2.13 bits per heavy atom. The largest absolute Gasteiger partial charge is 0.494 e. The van der Waals surface area contributed by atoms with E-state index in [4.69, 9.17) is 0 Å². The molecule has 2 aromatic heterocycles. The van der Waals surface area contributed by atoms with Crippen LogP contribution in [0.15, 0.2) is 52.5 Å². The van der Waals surface area contributed by atoms with Crippen LogP contribution in [0.1, 0.15) is 27.8 Å². The third-order valence-corrected chi connectivity index (χ3v) is 4.63. The van der Waals surface area contributed by atoms with Gasteiger partial charge in [0.1, 0.15) is 11.6 Å². The van der Waals surface area contributed by atoms with E-state index >= 15 is 0 Å². The molecule has 0 aliphatic carbocycles. The fourth-order valence-electron chi connectivity index (χ4n) is 2.98. The zero-order valence-electron chi connectivity index (χ0n) is 16.2. The molecule has 0 aliphatic heterocycles. The maximum atomic E-state index is 12.7. The van der Waals surface area contributed by atoms with Crippen LogP contribution in [0.2, 0.25) is 0 Å². The first kappa shape index (κ1) is 20.4. The highest BCUT2D eigenvalue weighted by atomic mass is 16.6. The second kappa shape index (κ2) is 8.36. The molecule has 1 N–H and O–H groups in total. The van der Waals surface area contributed by atoms with Crippen molar-refractivity contribution in [3.05, 3.63) is 91.0 Å². The van der Waals surface area contributed by atoms with Gasteiger partial charge in [0.2, 0.25) is 5.88 Å². The highest BCUT2D eigenvalue weighted by Gasteiger charge is 2.18. The smallest absolute Gasteiger partial charge is 0.271 e. The third kappa shape index (κ3) is 3.93. The van der Waals surface area contributed by atoms with Gasteiger partial charge in [0.25, 0.3) is 11.2 Å². The molecule has 150 valence electrons. The molecule has 0 saturated heterocycles. The van der Waals surface area contributed by atoms with Crippen molar-refractivity contribution in [3.63, 3.8) is 0 Å². The van der Waals surface area contributed by atoms with Crippen molar-refractivity contribution in [2.24, 2.45) is 4.99 Å². The van der Waals surface area contributed by atoms with Crippen molar-refractivity contribution < 1.29 is 10.0 Å². The first-order chi connectivity index (χ1) is 14.3. The predicted octanol–water partition coefficient (Wildman–Crippen LogP) is 3.14. The van der Waals surface area contributed by atoms with Gasteiger partial charge in [-0.25, -0.2) is 0 Å². The molecule has 30 heavy (non-hydrogen) atoms. The van der Waals surface area contributed by atoms with Gasteiger partial charge in [-0.05, 0) is 42.7 Å². The third-order valence-electron chi connectivity index (χ3n) is 4.63. The summed E-state index contributed by atoms with van der Waals surface area (Å²) in [5.41, 5.74) is 1.46. The Morgan fingerprint density at radius 1 is 1.37 bits per heavy atom. The minimum atomic E-state index is -0.611. The lowest BCUT2D eigenvalue weighted by molar-refractivity contribution is -0.384. The van der Waals surface area contributed by atoms with Crippen LogP contribution in [-0.4, -0.2) is 25.8 Å². The van der Waals surface area contributed by atoms with E-state index in [9.17, 15) is 25.3 Å². The first-order valence-corrected chi connectivity index (χ1v) is 8.88. The molecular weight excluding hydrogens is 386 g/mol. The number of aliphatic imine (C=N–C) groups is 1. The van der Waals surface area contributed by atoms with Crippen LogP contribution in [0.25, 0.3) is 0 Å². The van der Waals surface area contributed by atoms with Crippen LogP contribution in [0.4, 0.5) is 11.4 Å². The van der Waals surface area contributed by atoms with Crippen LogP contribution in [0.5, 0.6) is 5.88 Å². The molecule has 0 saturated carbocycles. The minimum Gasteiger partial charge on any atom is -0.494 e. The number of hydrogen-bond donors (Lipinski definition) is 1. The number of aromatic nitrogens is 2. The molecule has 9 nitrogen and oxygen atoms in total. The quantitative estimate of drug-likeness (QED) is 0.395. The SMILES string of the molecule is Cc1cc([N+](=O)[O-])ccc1N=Cc1c(C)c(C#N)c(=O)n(Cc2cccnc2)c1O. The Morgan fingerprint density at radius 3 is 2.73 bits per heavy atom. The highest BCUT2D eigenvalue weighted by molar-refractivity contribution is 5.87. The van der Waals surface area contributed by atoms with Gasteiger partial charge >= 0.3 is 0 Å². The number of benzene rings is 1. The normalized spacial score (nSPS) is 10.8. The molecule has 0 spiro atoms. The number of pyridine rings is 2. The summed E-state index contributed by atoms with van der Waals surface area (Å²) in [6.45, 7) is 3.26. The van der Waals surface area contributed by atoms with Crippen molar-refractivity contribution >= 4 is 17.6 Å². The summed E-state index contributed by atoms with van der Waals surface area (Å²) in [6.07, 6.45) is 4.50. The number of rotatable bonds is 5. The van der Waals surface area contributed by atoms with Gasteiger partial charge in [-0.15, -0.1) is 0 Å². The fraction of sp³-hybridized carbons (Fsp3) is 0.143. The summed E-state index contributed by atoms with van der Waals surface area (Å²) in [5, 5.41) is 31.1. The second-order valence-corrected chi connectivity index (χ2v) is 6.59. The number of aryl methyl sites for hydroxylation is 1. The molecule has 3 rings (SSSR count). The number of nitrogens with zero attached hydrogens (tertiary/aromatic N) is 5. The van der Waals surface area contributed by atoms with E-state index in [0.717, 1.165) is 4.57 Å². The van der Waals surface area contributed by atoms with Gasteiger partial charge in [-0.1, -0.05) is 6.07 Å². The molecule has 0 unspecified atom stereocenters. The Balaban J connectivity index is 2.10. The molecule has 0 atom stereocenters. The van der Waals surface area contributed by atoms with Crippen molar-refractivity contribution in [1.29, 1.82) is 5.26 Å². The van der Waals surface area contributed by atoms with Gasteiger partial charge in [-0.2, -0.15) is 5.26 Å². The van der Waals surface area contributed by atoms with Crippen molar-refractivity contribution in [1.82, 2.24) is 9.55 Å². The van der Waals surface area contributed by atoms with Gasteiger partial charge in [0, 0.05) is 30.7 Å². The molecule has 0 fully saturated rings. The van der Waals surface area contributed by atoms with Crippen LogP contribution < -0.4 is 5.56 Å². The summed E-state index contributed by atoms with van der Waals surface area (Å²) in [6, 6.07) is 9.56. The van der Waals surface area contributed by atoms with Crippen LogP contribution >= 0.6 is 0 Å². The van der Waals surface area contributed by atoms with E-state index in [-0.39, 0.29) is 29.2 Å². The molecule has 0 radical (unpaired) electrons. The lowest BCUT2D eigenvalue weighted by Crippen LogP contribution is -2.26. The maximum Gasteiger partial charge on any atom is 0.271 e. The van der Waals surface area contributed by atoms with E-state index in [2.05, 4.69) is 9.98 Å². The lowest BCUT2D eigenvalue weighted by atomic mass is 10.1. The summed E-state index contributed by atoms with van der Waals surface area (Å²) in [5.74, 6) is -0.330.